The highest BCUT2D eigenvalue weighted by Gasteiger charge is 2.21. The Balaban J connectivity index is 1.65. The lowest BCUT2D eigenvalue weighted by Gasteiger charge is -2.22. The fourth-order valence-corrected chi connectivity index (χ4v) is 2.51. The summed E-state index contributed by atoms with van der Waals surface area (Å²) >= 11 is 5.94. The number of benzene rings is 1. The molecule has 0 bridgehead atoms. The summed E-state index contributed by atoms with van der Waals surface area (Å²) in [6.07, 6.45) is 3.80. The van der Waals surface area contributed by atoms with Crippen molar-refractivity contribution >= 4 is 11.6 Å². The summed E-state index contributed by atoms with van der Waals surface area (Å²) in [6.45, 7) is 3.86. The Labute approximate surface area is 133 Å². The fraction of sp³-hybridized carbons (Fsp3) is 0.647. The lowest BCUT2D eigenvalue weighted by molar-refractivity contribution is 0.102. The summed E-state index contributed by atoms with van der Waals surface area (Å²) in [6, 6.07) is 8.48. The number of nitrogens with zero attached hydrogens (tertiary/aromatic N) is 1. The van der Waals surface area contributed by atoms with Gasteiger partial charge in [0.05, 0.1) is 6.61 Å². The lowest BCUT2D eigenvalue weighted by atomic mass is 10.0. The molecular weight excluding hydrogens is 284 g/mol. The van der Waals surface area contributed by atoms with Crippen LogP contribution in [0.1, 0.15) is 30.9 Å². The van der Waals surface area contributed by atoms with Gasteiger partial charge in [-0.25, -0.2) is 0 Å². The van der Waals surface area contributed by atoms with Crippen LogP contribution < -0.4 is 5.32 Å². The molecule has 4 heteroatoms. The molecule has 21 heavy (non-hydrogen) atoms. The van der Waals surface area contributed by atoms with E-state index in [0.717, 1.165) is 43.7 Å². The number of halogens is 1. The maximum absolute atomic E-state index is 5.94. The van der Waals surface area contributed by atoms with Crippen molar-refractivity contribution in [3.05, 3.63) is 34.9 Å². The first-order valence-electron chi connectivity index (χ1n) is 7.88. The minimum Gasteiger partial charge on any atom is -0.380 e. The van der Waals surface area contributed by atoms with Gasteiger partial charge < -0.3 is 15.0 Å². The lowest BCUT2D eigenvalue weighted by Crippen LogP contribution is -2.28. The standard InChI is InChI=1S/C17H27ClN2O/c1-19-17(15-5-7-16(18)8-6-15)9-10-20(2)11-12-21-13-14-3-4-14/h5-8,14,17,19H,3-4,9-13H2,1-2H3. The van der Waals surface area contributed by atoms with Gasteiger partial charge in [-0.1, -0.05) is 23.7 Å². The molecule has 1 aliphatic rings. The second kappa shape index (κ2) is 8.74. The molecule has 1 fully saturated rings. The molecule has 0 heterocycles. The van der Waals surface area contributed by atoms with Gasteiger partial charge in [0.25, 0.3) is 0 Å². The first-order valence-corrected chi connectivity index (χ1v) is 8.26. The normalized spacial score (nSPS) is 16.4. The number of likely N-dealkylation sites (N-methyl/N-ethyl adjacent to an activating group) is 1. The molecule has 0 aliphatic heterocycles. The third-order valence-corrected chi connectivity index (χ3v) is 4.34. The molecule has 0 aromatic heterocycles. The summed E-state index contributed by atoms with van der Waals surface area (Å²) in [5.41, 5.74) is 1.29. The molecule has 0 saturated heterocycles. The zero-order valence-corrected chi connectivity index (χ0v) is 13.9. The number of hydrogen-bond donors (Lipinski definition) is 1. The zero-order valence-electron chi connectivity index (χ0n) is 13.1. The van der Waals surface area contributed by atoms with E-state index < -0.39 is 0 Å². The van der Waals surface area contributed by atoms with Crippen LogP contribution in [-0.2, 0) is 4.74 Å². The molecule has 2 rings (SSSR count). The van der Waals surface area contributed by atoms with E-state index in [4.69, 9.17) is 16.3 Å². The second-order valence-corrected chi connectivity index (χ2v) is 6.44. The van der Waals surface area contributed by atoms with Crippen molar-refractivity contribution in [3.63, 3.8) is 0 Å². The van der Waals surface area contributed by atoms with Crippen molar-refractivity contribution in [3.8, 4) is 0 Å². The fourth-order valence-electron chi connectivity index (χ4n) is 2.39. The zero-order chi connectivity index (χ0) is 15.1. The van der Waals surface area contributed by atoms with Gasteiger partial charge in [0, 0.05) is 24.2 Å². The third-order valence-electron chi connectivity index (χ3n) is 4.09. The molecule has 1 unspecified atom stereocenters. The van der Waals surface area contributed by atoms with Crippen LogP contribution in [0.5, 0.6) is 0 Å². The number of hydrogen-bond acceptors (Lipinski definition) is 3. The molecule has 3 nitrogen and oxygen atoms in total. The SMILES string of the molecule is CNC(CCN(C)CCOCC1CC1)c1ccc(Cl)cc1. The monoisotopic (exact) mass is 310 g/mol. The average molecular weight is 311 g/mol. The van der Waals surface area contributed by atoms with Crippen LogP contribution in [0.2, 0.25) is 5.02 Å². The van der Waals surface area contributed by atoms with Gasteiger partial charge in [0.15, 0.2) is 0 Å². The Hall–Kier alpha value is -0.610. The van der Waals surface area contributed by atoms with Crippen molar-refractivity contribution in [2.24, 2.45) is 5.92 Å². The molecule has 1 saturated carbocycles. The molecule has 118 valence electrons. The van der Waals surface area contributed by atoms with Crippen LogP contribution in [0.25, 0.3) is 0 Å². The van der Waals surface area contributed by atoms with Gasteiger partial charge in [-0.2, -0.15) is 0 Å². The van der Waals surface area contributed by atoms with Gasteiger partial charge in [-0.05, 0) is 63.5 Å². The summed E-state index contributed by atoms with van der Waals surface area (Å²) in [5, 5.41) is 4.17. The van der Waals surface area contributed by atoms with E-state index in [1.54, 1.807) is 0 Å². The van der Waals surface area contributed by atoms with Crippen molar-refractivity contribution in [2.45, 2.75) is 25.3 Å². The minimum absolute atomic E-state index is 0.372. The first kappa shape index (κ1) is 16.8. The molecule has 1 aliphatic carbocycles. The number of nitrogens with one attached hydrogen (secondary N) is 1. The molecule has 0 amide bonds. The van der Waals surface area contributed by atoms with Gasteiger partial charge in [0.1, 0.15) is 0 Å². The number of rotatable bonds is 10. The topological polar surface area (TPSA) is 24.5 Å². The van der Waals surface area contributed by atoms with Crippen LogP contribution in [0, 0.1) is 5.92 Å². The van der Waals surface area contributed by atoms with Crippen LogP contribution in [-0.4, -0.2) is 45.3 Å². The summed E-state index contributed by atoms with van der Waals surface area (Å²) in [5.74, 6) is 0.855. The molecule has 0 radical (unpaired) electrons. The van der Waals surface area contributed by atoms with Crippen LogP contribution in [0.3, 0.4) is 0 Å². The summed E-state index contributed by atoms with van der Waals surface area (Å²) in [7, 11) is 4.17. The van der Waals surface area contributed by atoms with E-state index >= 15 is 0 Å². The predicted molar refractivity (Wildman–Crippen MR) is 88.9 cm³/mol. The van der Waals surface area contributed by atoms with Crippen molar-refractivity contribution in [1.29, 1.82) is 0 Å². The molecule has 1 atom stereocenters. The maximum atomic E-state index is 5.94. The molecule has 1 aromatic rings. The number of ether oxygens (including phenoxy) is 1. The van der Waals surface area contributed by atoms with Crippen molar-refractivity contribution in [1.82, 2.24) is 10.2 Å². The van der Waals surface area contributed by atoms with Crippen LogP contribution >= 0.6 is 11.6 Å². The second-order valence-electron chi connectivity index (χ2n) is 6.00. The highest BCUT2D eigenvalue weighted by Crippen LogP contribution is 2.28. The smallest absolute Gasteiger partial charge is 0.0593 e. The molecule has 0 spiro atoms. The van der Waals surface area contributed by atoms with Crippen molar-refractivity contribution in [2.75, 3.05) is 40.4 Å². The van der Waals surface area contributed by atoms with E-state index in [1.165, 1.54) is 18.4 Å². The minimum atomic E-state index is 0.372. The van der Waals surface area contributed by atoms with E-state index in [9.17, 15) is 0 Å². The Morgan fingerprint density at radius 1 is 1.29 bits per heavy atom. The Morgan fingerprint density at radius 2 is 2.00 bits per heavy atom. The van der Waals surface area contributed by atoms with Gasteiger partial charge in [-0.3, -0.25) is 0 Å². The highest BCUT2D eigenvalue weighted by atomic mass is 35.5. The van der Waals surface area contributed by atoms with E-state index in [-0.39, 0.29) is 0 Å². The highest BCUT2D eigenvalue weighted by molar-refractivity contribution is 6.30. The van der Waals surface area contributed by atoms with E-state index in [2.05, 4.69) is 29.4 Å². The summed E-state index contributed by atoms with van der Waals surface area (Å²) in [4.78, 5) is 2.34. The van der Waals surface area contributed by atoms with E-state index in [1.807, 2.05) is 19.2 Å². The van der Waals surface area contributed by atoms with Gasteiger partial charge >= 0.3 is 0 Å². The van der Waals surface area contributed by atoms with Crippen LogP contribution in [0.15, 0.2) is 24.3 Å². The maximum Gasteiger partial charge on any atom is 0.0593 e. The Bertz CT molecular complexity index is 406. The van der Waals surface area contributed by atoms with Gasteiger partial charge in [-0.15, -0.1) is 0 Å². The largest absolute Gasteiger partial charge is 0.380 e. The first-order chi connectivity index (χ1) is 10.2. The van der Waals surface area contributed by atoms with Crippen LogP contribution in [0.4, 0.5) is 0 Å². The molecular formula is C17H27ClN2O. The Morgan fingerprint density at radius 3 is 2.62 bits per heavy atom. The Kier molecular flexibility index (Phi) is 6.97. The summed E-state index contributed by atoms with van der Waals surface area (Å²) < 4.78 is 5.69. The molecule has 1 aromatic carbocycles. The molecule has 1 N–H and O–H groups in total. The quantitative estimate of drug-likeness (QED) is 0.671. The predicted octanol–water partition coefficient (Wildman–Crippen LogP) is 3.35. The third kappa shape index (κ3) is 6.35. The van der Waals surface area contributed by atoms with Gasteiger partial charge in [0.2, 0.25) is 0 Å². The van der Waals surface area contributed by atoms with Crippen molar-refractivity contribution < 1.29 is 4.74 Å². The average Bonchev–Trinajstić information content (AvgIpc) is 3.30. The van der Waals surface area contributed by atoms with E-state index in [0.29, 0.717) is 6.04 Å².